The van der Waals surface area contributed by atoms with Crippen LogP contribution >= 0.6 is 0 Å². The van der Waals surface area contributed by atoms with Gasteiger partial charge in [0.05, 0.1) is 5.56 Å². The Hall–Kier alpha value is -1.83. The Morgan fingerprint density at radius 3 is 2.60 bits per heavy atom. The maximum Gasteiger partial charge on any atom is 0.336 e. The molecule has 0 amide bonds. The van der Waals surface area contributed by atoms with Gasteiger partial charge in [-0.1, -0.05) is 62.9 Å². The van der Waals surface area contributed by atoms with Gasteiger partial charge in [-0.2, -0.15) is 0 Å². The molecule has 2 nitrogen and oxygen atoms in total. The van der Waals surface area contributed by atoms with E-state index in [0.29, 0.717) is 5.56 Å². The van der Waals surface area contributed by atoms with Crippen molar-refractivity contribution in [1.82, 2.24) is 0 Å². The summed E-state index contributed by atoms with van der Waals surface area (Å²) in [5.41, 5.74) is 1.69. The molecule has 0 unspecified atom stereocenters. The van der Waals surface area contributed by atoms with Crippen molar-refractivity contribution in [2.24, 2.45) is 0 Å². The van der Waals surface area contributed by atoms with Gasteiger partial charge in [0.25, 0.3) is 0 Å². The van der Waals surface area contributed by atoms with Gasteiger partial charge in [0.1, 0.15) is 0 Å². The van der Waals surface area contributed by atoms with E-state index < -0.39 is 5.97 Å². The van der Waals surface area contributed by atoms with E-state index in [2.05, 4.69) is 19.1 Å². The summed E-state index contributed by atoms with van der Waals surface area (Å²) >= 11 is 0. The minimum atomic E-state index is -0.858. The fraction of sp³-hybridized carbons (Fsp3) is 0.389. The second kappa shape index (κ2) is 7.09. The smallest absolute Gasteiger partial charge is 0.336 e. The Balaban J connectivity index is 2.08. The predicted octanol–water partition coefficient (Wildman–Crippen LogP) is 5.05. The topological polar surface area (TPSA) is 37.3 Å². The van der Waals surface area contributed by atoms with E-state index in [4.69, 9.17) is 0 Å². The first-order valence-corrected chi connectivity index (χ1v) is 7.47. The van der Waals surface area contributed by atoms with Gasteiger partial charge in [-0.3, -0.25) is 0 Å². The van der Waals surface area contributed by atoms with Crippen molar-refractivity contribution in [3.05, 3.63) is 47.5 Å². The average Bonchev–Trinajstić information content (AvgIpc) is 2.46. The van der Waals surface area contributed by atoms with Crippen LogP contribution in [0.2, 0.25) is 0 Å². The van der Waals surface area contributed by atoms with Crippen LogP contribution in [0.15, 0.2) is 36.4 Å². The Morgan fingerprint density at radius 1 is 1.05 bits per heavy atom. The summed E-state index contributed by atoms with van der Waals surface area (Å²) in [4.78, 5) is 11.2. The summed E-state index contributed by atoms with van der Waals surface area (Å²) in [5.74, 6) is -0.858. The van der Waals surface area contributed by atoms with E-state index in [1.54, 1.807) is 6.07 Å². The number of rotatable bonds is 7. The number of hydrogen-bond acceptors (Lipinski definition) is 1. The van der Waals surface area contributed by atoms with Crippen LogP contribution < -0.4 is 0 Å². The lowest BCUT2D eigenvalue weighted by atomic mass is 9.99. The molecule has 20 heavy (non-hydrogen) atoms. The number of aryl methyl sites for hydroxylation is 1. The molecule has 2 aromatic carbocycles. The molecule has 2 heteroatoms. The molecule has 0 aliphatic heterocycles. The number of aromatic carboxylic acids is 1. The lowest BCUT2D eigenvalue weighted by Gasteiger charge is -2.06. The summed E-state index contributed by atoms with van der Waals surface area (Å²) in [6, 6.07) is 11.6. The Labute approximate surface area is 120 Å². The lowest BCUT2D eigenvalue weighted by molar-refractivity contribution is 0.0699. The molecule has 106 valence electrons. The highest BCUT2D eigenvalue weighted by molar-refractivity contribution is 6.03. The molecule has 0 atom stereocenters. The third-order valence-corrected chi connectivity index (χ3v) is 3.74. The van der Waals surface area contributed by atoms with Gasteiger partial charge in [0.2, 0.25) is 0 Å². The summed E-state index contributed by atoms with van der Waals surface area (Å²) in [6.07, 6.45) is 7.48. The molecule has 0 aliphatic carbocycles. The van der Waals surface area contributed by atoms with Crippen LogP contribution in [0.5, 0.6) is 0 Å². The van der Waals surface area contributed by atoms with E-state index >= 15 is 0 Å². The lowest BCUT2D eigenvalue weighted by Crippen LogP contribution is -1.97. The molecule has 0 saturated heterocycles. The summed E-state index contributed by atoms with van der Waals surface area (Å²) in [6.45, 7) is 2.23. The zero-order valence-corrected chi connectivity index (χ0v) is 12.1. The number of carbonyl (C=O) groups is 1. The molecule has 0 bridgehead atoms. The largest absolute Gasteiger partial charge is 0.478 e. The summed E-state index contributed by atoms with van der Waals surface area (Å²) in [7, 11) is 0. The molecule has 0 radical (unpaired) electrons. The van der Waals surface area contributed by atoms with Crippen LogP contribution in [0.25, 0.3) is 10.8 Å². The van der Waals surface area contributed by atoms with Gasteiger partial charge in [-0.25, -0.2) is 4.79 Å². The maximum absolute atomic E-state index is 11.2. The monoisotopic (exact) mass is 270 g/mol. The molecular weight excluding hydrogens is 248 g/mol. The molecule has 0 heterocycles. The van der Waals surface area contributed by atoms with Crippen LogP contribution in [0, 0.1) is 0 Å². The molecule has 0 saturated carbocycles. The standard InChI is InChI=1S/C18H22O2/c1-2-3-4-5-6-8-14-11-12-16-15(13-14)9-7-10-17(16)18(19)20/h7,9-13H,2-6,8H2,1H3,(H,19,20). The third-order valence-electron chi connectivity index (χ3n) is 3.74. The number of carboxylic acids is 1. The summed E-state index contributed by atoms with van der Waals surface area (Å²) in [5, 5.41) is 11.0. The summed E-state index contributed by atoms with van der Waals surface area (Å²) < 4.78 is 0. The molecule has 0 aromatic heterocycles. The molecule has 1 N–H and O–H groups in total. The Bertz CT molecular complexity index is 587. The van der Waals surface area contributed by atoms with Crippen molar-refractivity contribution >= 4 is 16.7 Å². The van der Waals surface area contributed by atoms with Crippen LogP contribution in [-0.4, -0.2) is 11.1 Å². The van der Waals surface area contributed by atoms with Crippen molar-refractivity contribution in [2.45, 2.75) is 45.4 Å². The number of fused-ring (bicyclic) bond motifs is 1. The van der Waals surface area contributed by atoms with Crippen molar-refractivity contribution in [3.8, 4) is 0 Å². The first-order chi connectivity index (χ1) is 9.72. The minimum absolute atomic E-state index is 0.386. The van der Waals surface area contributed by atoms with E-state index in [1.807, 2.05) is 18.2 Å². The van der Waals surface area contributed by atoms with E-state index in [-0.39, 0.29) is 0 Å². The van der Waals surface area contributed by atoms with Crippen LogP contribution in [0.1, 0.15) is 54.9 Å². The zero-order valence-electron chi connectivity index (χ0n) is 12.1. The van der Waals surface area contributed by atoms with Crippen molar-refractivity contribution in [1.29, 1.82) is 0 Å². The van der Waals surface area contributed by atoms with Gasteiger partial charge in [-0.15, -0.1) is 0 Å². The van der Waals surface area contributed by atoms with Crippen molar-refractivity contribution < 1.29 is 9.90 Å². The van der Waals surface area contributed by atoms with Gasteiger partial charge in [-0.05, 0) is 35.2 Å². The molecule has 2 aromatic rings. The first-order valence-electron chi connectivity index (χ1n) is 7.47. The normalized spacial score (nSPS) is 10.8. The molecular formula is C18H22O2. The number of hydrogen-bond donors (Lipinski definition) is 1. The number of carboxylic acid groups (broad SMARTS) is 1. The van der Waals surface area contributed by atoms with Crippen LogP contribution in [-0.2, 0) is 6.42 Å². The molecule has 0 aliphatic rings. The van der Waals surface area contributed by atoms with Gasteiger partial charge < -0.3 is 5.11 Å². The second-order valence-corrected chi connectivity index (χ2v) is 5.33. The predicted molar refractivity (Wildman–Crippen MR) is 83.4 cm³/mol. The van der Waals surface area contributed by atoms with Crippen molar-refractivity contribution in [3.63, 3.8) is 0 Å². The highest BCUT2D eigenvalue weighted by Crippen LogP contribution is 2.21. The SMILES string of the molecule is CCCCCCCc1ccc2c(C(=O)O)cccc2c1. The molecule has 0 fully saturated rings. The highest BCUT2D eigenvalue weighted by atomic mass is 16.4. The fourth-order valence-electron chi connectivity index (χ4n) is 2.61. The minimum Gasteiger partial charge on any atom is -0.478 e. The van der Waals surface area contributed by atoms with E-state index in [1.165, 1.54) is 37.7 Å². The van der Waals surface area contributed by atoms with Crippen LogP contribution in [0.4, 0.5) is 0 Å². The quantitative estimate of drug-likeness (QED) is 0.715. The number of unbranched alkanes of at least 4 members (excludes halogenated alkanes) is 4. The van der Waals surface area contributed by atoms with Gasteiger partial charge in [0.15, 0.2) is 0 Å². The Kier molecular flexibility index (Phi) is 5.16. The van der Waals surface area contributed by atoms with Crippen molar-refractivity contribution in [2.75, 3.05) is 0 Å². The first kappa shape index (κ1) is 14.6. The maximum atomic E-state index is 11.2. The average molecular weight is 270 g/mol. The molecule has 0 spiro atoms. The van der Waals surface area contributed by atoms with Crippen LogP contribution in [0.3, 0.4) is 0 Å². The molecule has 2 rings (SSSR count). The van der Waals surface area contributed by atoms with Gasteiger partial charge >= 0.3 is 5.97 Å². The van der Waals surface area contributed by atoms with E-state index in [9.17, 15) is 9.90 Å². The number of benzene rings is 2. The second-order valence-electron chi connectivity index (χ2n) is 5.33. The Morgan fingerprint density at radius 2 is 1.85 bits per heavy atom. The highest BCUT2D eigenvalue weighted by Gasteiger charge is 2.07. The zero-order chi connectivity index (χ0) is 14.4. The van der Waals surface area contributed by atoms with Gasteiger partial charge in [0, 0.05) is 0 Å². The third kappa shape index (κ3) is 3.60. The van der Waals surface area contributed by atoms with E-state index in [0.717, 1.165) is 17.2 Å². The fourth-order valence-corrected chi connectivity index (χ4v) is 2.61.